The third kappa shape index (κ3) is 4.28. The smallest absolute Gasteiger partial charge is 0.251 e. The first-order chi connectivity index (χ1) is 15.1. The highest BCUT2D eigenvalue weighted by Crippen LogP contribution is 2.27. The van der Waals surface area contributed by atoms with E-state index in [1.165, 1.54) is 6.33 Å². The van der Waals surface area contributed by atoms with Gasteiger partial charge in [-0.05, 0) is 23.8 Å². The summed E-state index contributed by atoms with van der Waals surface area (Å²) in [7, 11) is 1.63. The Labute approximate surface area is 180 Å². The summed E-state index contributed by atoms with van der Waals surface area (Å²) in [6.45, 7) is 2.75. The predicted molar refractivity (Wildman–Crippen MR) is 122 cm³/mol. The molecular weight excluding hydrogens is 390 g/mol. The largest absolute Gasteiger partial charge is 0.384 e. The van der Waals surface area contributed by atoms with Crippen LogP contribution < -0.4 is 16.4 Å². The molecule has 0 saturated carbocycles. The number of carbonyl (C=O) groups is 1. The Bertz CT molecular complexity index is 1220. The SMILES string of the molecule is CNC(=O)c1ccnc2c([C@H](C)CNc3cc(-c4ccc(N)nc4)ncn3)cccc12. The number of nitrogens with two attached hydrogens (primary N) is 1. The first-order valence-electron chi connectivity index (χ1n) is 9.94. The highest BCUT2D eigenvalue weighted by molar-refractivity contribution is 6.06. The number of amides is 1. The summed E-state index contributed by atoms with van der Waals surface area (Å²) >= 11 is 0. The molecule has 0 unspecified atom stereocenters. The van der Waals surface area contributed by atoms with Crippen LogP contribution in [-0.2, 0) is 0 Å². The molecule has 4 N–H and O–H groups in total. The third-order valence-electron chi connectivity index (χ3n) is 5.14. The number of benzene rings is 1. The molecule has 0 aliphatic rings. The molecule has 0 bridgehead atoms. The fraction of sp³-hybridized carbons (Fsp3) is 0.174. The van der Waals surface area contributed by atoms with E-state index in [9.17, 15) is 4.79 Å². The molecule has 0 saturated heterocycles. The molecule has 31 heavy (non-hydrogen) atoms. The first-order valence-corrected chi connectivity index (χ1v) is 9.94. The monoisotopic (exact) mass is 413 g/mol. The van der Waals surface area contributed by atoms with E-state index in [1.807, 2.05) is 30.3 Å². The van der Waals surface area contributed by atoms with Gasteiger partial charge < -0.3 is 16.4 Å². The Morgan fingerprint density at radius 1 is 1.10 bits per heavy atom. The number of nitrogens with one attached hydrogen (secondary N) is 2. The number of aromatic nitrogens is 4. The van der Waals surface area contributed by atoms with Gasteiger partial charge in [0.15, 0.2) is 0 Å². The average Bonchev–Trinajstić information content (AvgIpc) is 2.82. The molecule has 3 heterocycles. The van der Waals surface area contributed by atoms with Gasteiger partial charge in [0.2, 0.25) is 0 Å². The molecule has 8 heteroatoms. The Morgan fingerprint density at radius 2 is 1.97 bits per heavy atom. The summed E-state index contributed by atoms with van der Waals surface area (Å²) in [6, 6.07) is 13.2. The number of nitrogens with zero attached hydrogens (tertiary/aromatic N) is 4. The van der Waals surface area contributed by atoms with Crippen molar-refractivity contribution in [1.82, 2.24) is 25.3 Å². The molecule has 0 fully saturated rings. The topological polar surface area (TPSA) is 119 Å². The maximum Gasteiger partial charge on any atom is 0.251 e. The minimum atomic E-state index is -0.124. The van der Waals surface area contributed by atoms with Crippen LogP contribution in [-0.4, -0.2) is 39.4 Å². The number of fused-ring (bicyclic) bond motifs is 1. The summed E-state index contributed by atoms with van der Waals surface area (Å²) in [5.41, 5.74) is 9.80. The fourth-order valence-corrected chi connectivity index (χ4v) is 3.47. The van der Waals surface area contributed by atoms with Crippen molar-refractivity contribution in [3.8, 4) is 11.3 Å². The van der Waals surface area contributed by atoms with Crippen molar-refractivity contribution in [3.63, 3.8) is 0 Å². The van der Waals surface area contributed by atoms with Gasteiger partial charge in [0.05, 0.1) is 16.8 Å². The van der Waals surface area contributed by atoms with Crippen LogP contribution in [0.25, 0.3) is 22.2 Å². The molecule has 3 aromatic heterocycles. The van der Waals surface area contributed by atoms with E-state index in [2.05, 4.69) is 37.5 Å². The quantitative estimate of drug-likeness (QED) is 0.444. The van der Waals surface area contributed by atoms with Gasteiger partial charge in [0.1, 0.15) is 18.0 Å². The Balaban J connectivity index is 1.55. The lowest BCUT2D eigenvalue weighted by Crippen LogP contribution is -2.18. The van der Waals surface area contributed by atoms with Crippen LogP contribution in [0.5, 0.6) is 0 Å². The van der Waals surface area contributed by atoms with Gasteiger partial charge in [0.25, 0.3) is 5.91 Å². The van der Waals surface area contributed by atoms with Crippen molar-refractivity contribution < 1.29 is 4.79 Å². The summed E-state index contributed by atoms with van der Waals surface area (Å²) in [5.74, 6) is 1.19. The summed E-state index contributed by atoms with van der Waals surface area (Å²) < 4.78 is 0. The van der Waals surface area contributed by atoms with E-state index >= 15 is 0 Å². The summed E-state index contributed by atoms with van der Waals surface area (Å²) in [6.07, 6.45) is 4.89. The van der Waals surface area contributed by atoms with Crippen LogP contribution in [0.1, 0.15) is 28.8 Å². The molecule has 0 radical (unpaired) electrons. The number of carbonyl (C=O) groups excluding carboxylic acids is 1. The van der Waals surface area contributed by atoms with Gasteiger partial charge in [-0.1, -0.05) is 25.1 Å². The zero-order valence-corrected chi connectivity index (χ0v) is 17.3. The number of para-hydroxylation sites is 1. The average molecular weight is 413 g/mol. The minimum absolute atomic E-state index is 0.124. The number of pyridine rings is 2. The highest BCUT2D eigenvalue weighted by Gasteiger charge is 2.15. The van der Waals surface area contributed by atoms with Gasteiger partial charge >= 0.3 is 0 Å². The second-order valence-electron chi connectivity index (χ2n) is 7.22. The van der Waals surface area contributed by atoms with E-state index in [0.717, 1.165) is 27.7 Å². The zero-order chi connectivity index (χ0) is 21.8. The lowest BCUT2D eigenvalue weighted by Gasteiger charge is -2.16. The summed E-state index contributed by atoms with van der Waals surface area (Å²) in [4.78, 5) is 29.5. The molecule has 1 atom stereocenters. The molecule has 0 aliphatic heterocycles. The number of hydrogen-bond acceptors (Lipinski definition) is 7. The fourth-order valence-electron chi connectivity index (χ4n) is 3.47. The molecule has 156 valence electrons. The molecule has 0 aliphatic carbocycles. The van der Waals surface area contributed by atoms with E-state index in [4.69, 9.17) is 5.73 Å². The van der Waals surface area contributed by atoms with E-state index < -0.39 is 0 Å². The second-order valence-corrected chi connectivity index (χ2v) is 7.22. The lowest BCUT2D eigenvalue weighted by atomic mass is 9.96. The summed E-state index contributed by atoms with van der Waals surface area (Å²) in [5, 5.41) is 6.90. The molecule has 1 amide bonds. The number of rotatable bonds is 6. The van der Waals surface area contributed by atoms with Crippen LogP contribution in [0.3, 0.4) is 0 Å². The van der Waals surface area contributed by atoms with Crippen molar-refractivity contribution in [2.24, 2.45) is 0 Å². The zero-order valence-electron chi connectivity index (χ0n) is 17.3. The maximum atomic E-state index is 12.2. The van der Waals surface area contributed by atoms with Crippen molar-refractivity contribution in [3.05, 3.63) is 72.3 Å². The van der Waals surface area contributed by atoms with Gasteiger partial charge in [0, 0.05) is 48.9 Å². The molecule has 1 aromatic carbocycles. The Morgan fingerprint density at radius 3 is 2.74 bits per heavy atom. The van der Waals surface area contributed by atoms with Crippen LogP contribution in [0.2, 0.25) is 0 Å². The van der Waals surface area contributed by atoms with Crippen molar-refractivity contribution in [2.75, 3.05) is 24.6 Å². The standard InChI is InChI=1S/C23H23N7O/c1-14(16-4-3-5-17-18(23(31)25-2)8-9-26-22(16)17)11-28-21-10-19(29-13-30-21)15-6-7-20(24)27-12-15/h3-10,12-14H,11H2,1-2H3,(H2,24,27)(H,25,31)(H,28,29,30)/t14-/m1/s1. The van der Waals surface area contributed by atoms with Gasteiger partial charge in [-0.2, -0.15) is 0 Å². The van der Waals surface area contributed by atoms with Crippen molar-refractivity contribution in [2.45, 2.75) is 12.8 Å². The Hall–Kier alpha value is -4.07. The maximum absolute atomic E-state index is 12.2. The first kappa shape index (κ1) is 20.2. The molecular formula is C23H23N7O. The molecule has 4 rings (SSSR count). The van der Waals surface area contributed by atoms with E-state index in [1.54, 1.807) is 31.6 Å². The number of hydrogen-bond donors (Lipinski definition) is 3. The molecule has 4 aromatic rings. The molecule has 0 spiro atoms. The van der Waals surface area contributed by atoms with Crippen LogP contribution in [0.4, 0.5) is 11.6 Å². The number of nitrogen functional groups attached to an aromatic ring is 1. The van der Waals surface area contributed by atoms with Crippen LogP contribution in [0, 0.1) is 0 Å². The van der Waals surface area contributed by atoms with Gasteiger partial charge in [-0.25, -0.2) is 15.0 Å². The number of anilines is 2. The van der Waals surface area contributed by atoms with Crippen LogP contribution in [0.15, 0.2) is 61.2 Å². The Kier molecular flexibility index (Phi) is 5.70. The highest BCUT2D eigenvalue weighted by atomic mass is 16.1. The van der Waals surface area contributed by atoms with Gasteiger partial charge in [-0.3, -0.25) is 9.78 Å². The molecule has 8 nitrogen and oxygen atoms in total. The van der Waals surface area contributed by atoms with Crippen molar-refractivity contribution >= 4 is 28.4 Å². The normalized spacial score (nSPS) is 11.8. The van der Waals surface area contributed by atoms with E-state index in [0.29, 0.717) is 23.7 Å². The predicted octanol–water partition coefficient (Wildman–Crippen LogP) is 3.24. The van der Waals surface area contributed by atoms with Crippen LogP contribution >= 0.6 is 0 Å². The van der Waals surface area contributed by atoms with Crippen molar-refractivity contribution in [1.29, 1.82) is 0 Å². The van der Waals surface area contributed by atoms with E-state index in [-0.39, 0.29) is 11.8 Å². The minimum Gasteiger partial charge on any atom is -0.384 e. The van der Waals surface area contributed by atoms with Gasteiger partial charge in [-0.15, -0.1) is 0 Å². The third-order valence-corrected chi connectivity index (χ3v) is 5.14. The second kappa shape index (κ2) is 8.74. The lowest BCUT2D eigenvalue weighted by molar-refractivity contribution is 0.0964.